The number of rotatable bonds is 6. The third-order valence-electron chi connectivity index (χ3n) is 4.78. The number of aryl methyl sites for hydroxylation is 1. The van der Waals surface area contributed by atoms with Gasteiger partial charge in [0.25, 0.3) is 0 Å². The minimum Gasteiger partial charge on any atom is -0.378 e. The molecule has 1 aliphatic heterocycles. The molecule has 3 rings (SSSR count). The molecule has 0 bridgehead atoms. The van der Waals surface area contributed by atoms with Crippen molar-refractivity contribution >= 4 is 0 Å². The molecular formula is C17H26N2O. The monoisotopic (exact) mass is 274 g/mol. The SMILES string of the molecule is CCNC(CCC1CCCO1)C1CCc2cccnc21. The van der Waals surface area contributed by atoms with Crippen LogP contribution in [0.3, 0.4) is 0 Å². The number of fused-ring (bicyclic) bond motifs is 1. The number of aromatic nitrogens is 1. The Kier molecular flexibility index (Phi) is 4.69. The second-order valence-corrected chi connectivity index (χ2v) is 6.07. The molecule has 1 aliphatic carbocycles. The summed E-state index contributed by atoms with van der Waals surface area (Å²) in [6.07, 6.45) is 9.77. The van der Waals surface area contributed by atoms with Gasteiger partial charge in [0.15, 0.2) is 0 Å². The van der Waals surface area contributed by atoms with Gasteiger partial charge in [0.05, 0.1) is 6.10 Å². The summed E-state index contributed by atoms with van der Waals surface area (Å²) in [7, 11) is 0. The standard InChI is InChI=1S/C17H26N2O/c1-2-18-16(10-8-14-6-4-12-20-14)15-9-7-13-5-3-11-19-17(13)15/h3,5,11,14-16,18H,2,4,6-10,12H2,1H3. The first-order chi connectivity index (χ1) is 9.88. The molecule has 0 amide bonds. The largest absolute Gasteiger partial charge is 0.378 e. The average molecular weight is 274 g/mol. The smallest absolute Gasteiger partial charge is 0.0576 e. The van der Waals surface area contributed by atoms with Crippen LogP contribution in [0.4, 0.5) is 0 Å². The Bertz CT molecular complexity index is 429. The van der Waals surface area contributed by atoms with E-state index in [0.717, 1.165) is 13.2 Å². The van der Waals surface area contributed by atoms with Crippen LogP contribution in [0.25, 0.3) is 0 Å². The van der Waals surface area contributed by atoms with Gasteiger partial charge in [0.1, 0.15) is 0 Å². The van der Waals surface area contributed by atoms with Crippen LogP contribution in [0.15, 0.2) is 18.3 Å². The Balaban J connectivity index is 1.64. The predicted octanol–water partition coefficient (Wildman–Crippen LogP) is 3.05. The summed E-state index contributed by atoms with van der Waals surface area (Å²) in [6, 6.07) is 4.86. The molecule has 0 radical (unpaired) electrons. The average Bonchev–Trinajstić information content (AvgIpc) is 3.13. The molecule has 1 saturated heterocycles. The summed E-state index contributed by atoms with van der Waals surface area (Å²) in [5.74, 6) is 0.590. The lowest BCUT2D eigenvalue weighted by Crippen LogP contribution is -2.35. The summed E-state index contributed by atoms with van der Waals surface area (Å²) in [6.45, 7) is 4.20. The second kappa shape index (κ2) is 6.68. The van der Waals surface area contributed by atoms with E-state index < -0.39 is 0 Å². The summed E-state index contributed by atoms with van der Waals surface area (Å²) in [4.78, 5) is 4.65. The molecule has 3 heteroatoms. The van der Waals surface area contributed by atoms with E-state index in [1.165, 1.54) is 49.8 Å². The lowest BCUT2D eigenvalue weighted by molar-refractivity contribution is 0.0985. The van der Waals surface area contributed by atoms with E-state index in [1.807, 2.05) is 6.20 Å². The molecule has 1 fully saturated rings. The summed E-state index contributed by atoms with van der Waals surface area (Å²) < 4.78 is 5.77. The number of hydrogen-bond donors (Lipinski definition) is 1. The van der Waals surface area contributed by atoms with Crippen LogP contribution in [-0.4, -0.2) is 30.3 Å². The van der Waals surface area contributed by atoms with Gasteiger partial charge in [-0.1, -0.05) is 13.0 Å². The second-order valence-electron chi connectivity index (χ2n) is 6.07. The lowest BCUT2D eigenvalue weighted by Gasteiger charge is -2.25. The van der Waals surface area contributed by atoms with E-state index >= 15 is 0 Å². The third kappa shape index (κ3) is 3.04. The lowest BCUT2D eigenvalue weighted by atomic mass is 9.91. The van der Waals surface area contributed by atoms with Crippen molar-refractivity contribution < 1.29 is 4.74 Å². The third-order valence-corrected chi connectivity index (χ3v) is 4.78. The van der Waals surface area contributed by atoms with Gasteiger partial charge in [-0.05, 0) is 56.7 Å². The highest BCUT2D eigenvalue weighted by atomic mass is 16.5. The molecule has 3 unspecified atom stereocenters. The van der Waals surface area contributed by atoms with Crippen molar-refractivity contribution in [1.29, 1.82) is 0 Å². The van der Waals surface area contributed by atoms with Crippen LogP contribution in [0, 0.1) is 0 Å². The minimum absolute atomic E-state index is 0.501. The van der Waals surface area contributed by atoms with Gasteiger partial charge in [-0.15, -0.1) is 0 Å². The molecule has 1 N–H and O–H groups in total. The van der Waals surface area contributed by atoms with Crippen molar-refractivity contribution in [2.75, 3.05) is 13.2 Å². The minimum atomic E-state index is 0.501. The quantitative estimate of drug-likeness (QED) is 0.865. The Morgan fingerprint density at radius 3 is 3.20 bits per heavy atom. The van der Waals surface area contributed by atoms with Gasteiger partial charge in [-0.2, -0.15) is 0 Å². The molecule has 3 atom stereocenters. The van der Waals surface area contributed by atoms with E-state index in [2.05, 4.69) is 29.4 Å². The molecule has 2 aliphatic rings. The fourth-order valence-corrected chi connectivity index (χ4v) is 3.78. The van der Waals surface area contributed by atoms with Crippen LogP contribution in [0.2, 0.25) is 0 Å². The number of ether oxygens (including phenoxy) is 1. The van der Waals surface area contributed by atoms with Crippen LogP contribution in [-0.2, 0) is 11.2 Å². The molecule has 0 spiro atoms. The Hall–Kier alpha value is -0.930. The van der Waals surface area contributed by atoms with Crippen molar-refractivity contribution in [2.24, 2.45) is 0 Å². The number of hydrogen-bond acceptors (Lipinski definition) is 3. The molecular weight excluding hydrogens is 248 g/mol. The van der Waals surface area contributed by atoms with Crippen molar-refractivity contribution in [3.8, 4) is 0 Å². The Labute approximate surface area is 122 Å². The van der Waals surface area contributed by atoms with E-state index in [-0.39, 0.29) is 0 Å². The zero-order valence-electron chi connectivity index (χ0n) is 12.5. The molecule has 3 nitrogen and oxygen atoms in total. The van der Waals surface area contributed by atoms with Gasteiger partial charge >= 0.3 is 0 Å². The highest BCUT2D eigenvalue weighted by Gasteiger charge is 2.31. The first kappa shape index (κ1) is 14.0. The zero-order valence-corrected chi connectivity index (χ0v) is 12.5. The zero-order chi connectivity index (χ0) is 13.8. The van der Waals surface area contributed by atoms with Crippen molar-refractivity contribution in [3.05, 3.63) is 29.6 Å². The van der Waals surface area contributed by atoms with Crippen LogP contribution in [0.5, 0.6) is 0 Å². The Morgan fingerprint density at radius 1 is 1.45 bits per heavy atom. The predicted molar refractivity (Wildman–Crippen MR) is 81.0 cm³/mol. The number of nitrogens with zero attached hydrogens (tertiary/aromatic N) is 1. The maximum atomic E-state index is 5.77. The summed E-state index contributed by atoms with van der Waals surface area (Å²) >= 11 is 0. The highest BCUT2D eigenvalue weighted by molar-refractivity contribution is 5.29. The highest BCUT2D eigenvalue weighted by Crippen LogP contribution is 2.35. The molecule has 110 valence electrons. The van der Waals surface area contributed by atoms with Crippen molar-refractivity contribution in [3.63, 3.8) is 0 Å². The van der Waals surface area contributed by atoms with Gasteiger partial charge in [-0.3, -0.25) is 4.98 Å². The van der Waals surface area contributed by atoms with E-state index in [4.69, 9.17) is 4.74 Å². The maximum absolute atomic E-state index is 5.77. The van der Waals surface area contributed by atoms with Crippen LogP contribution >= 0.6 is 0 Å². The maximum Gasteiger partial charge on any atom is 0.0576 e. The number of likely N-dealkylation sites (N-methyl/N-ethyl adjacent to an activating group) is 1. The Morgan fingerprint density at radius 2 is 2.40 bits per heavy atom. The van der Waals surface area contributed by atoms with Crippen molar-refractivity contribution in [1.82, 2.24) is 10.3 Å². The number of pyridine rings is 1. The van der Waals surface area contributed by atoms with E-state index in [0.29, 0.717) is 18.1 Å². The molecule has 0 saturated carbocycles. The molecule has 1 aromatic heterocycles. The van der Waals surface area contributed by atoms with E-state index in [1.54, 1.807) is 0 Å². The normalized spacial score (nSPS) is 26.6. The van der Waals surface area contributed by atoms with Crippen LogP contribution in [0.1, 0.15) is 56.2 Å². The van der Waals surface area contributed by atoms with Gasteiger partial charge in [0, 0.05) is 30.5 Å². The van der Waals surface area contributed by atoms with Gasteiger partial charge in [-0.25, -0.2) is 0 Å². The molecule has 1 aromatic rings. The molecule has 0 aromatic carbocycles. The van der Waals surface area contributed by atoms with E-state index in [9.17, 15) is 0 Å². The van der Waals surface area contributed by atoms with Crippen LogP contribution < -0.4 is 5.32 Å². The van der Waals surface area contributed by atoms with Gasteiger partial charge < -0.3 is 10.1 Å². The first-order valence-corrected chi connectivity index (χ1v) is 8.17. The fraction of sp³-hybridized carbons (Fsp3) is 0.706. The summed E-state index contributed by atoms with van der Waals surface area (Å²) in [5.41, 5.74) is 2.79. The van der Waals surface area contributed by atoms with Crippen molar-refractivity contribution in [2.45, 2.75) is 63.5 Å². The number of nitrogens with one attached hydrogen (secondary N) is 1. The van der Waals surface area contributed by atoms with Gasteiger partial charge in [0.2, 0.25) is 0 Å². The molecule has 20 heavy (non-hydrogen) atoms. The first-order valence-electron chi connectivity index (χ1n) is 8.17. The summed E-state index contributed by atoms with van der Waals surface area (Å²) in [5, 5.41) is 3.69. The fourth-order valence-electron chi connectivity index (χ4n) is 3.78. The molecule has 2 heterocycles. The topological polar surface area (TPSA) is 34.1 Å².